The summed E-state index contributed by atoms with van der Waals surface area (Å²) in [5.41, 5.74) is 0. The van der Waals surface area contributed by atoms with Crippen molar-refractivity contribution >= 4 is 0 Å². The quantitative estimate of drug-likeness (QED) is 0.540. The zero-order valence-corrected chi connectivity index (χ0v) is 11.1. The summed E-state index contributed by atoms with van der Waals surface area (Å²) in [4.78, 5) is 0. The van der Waals surface area contributed by atoms with Crippen LogP contribution < -0.4 is 0 Å². The molecule has 0 saturated carbocycles. The fraction of sp³-hybridized carbons (Fsp3) is 0.846. The van der Waals surface area contributed by atoms with Gasteiger partial charge < -0.3 is 20.1 Å². The number of aliphatic hydroxyl groups is 3. The average Bonchev–Trinajstić information content (AvgIpc) is 2.32. The Morgan fingerprint density at radius 1 is 1.29 bits per heavy atom. The minimum absolute atomic E-state index is 0.172. The van der Waals surface area contributed by atoms with Crippen LogP contribution in [-0.2, 0) is 4.74 Å². The Morgan fingerprint density at radius 3 is 2.41 bits per heavy atom. The lowest BCUT2D eigenvalue weighted by molar-refractivity contribution is -0.0388. The third kappa shape index (κ3) is 7.36. The van der Waals surface area contributed by atoms with E-state index in [0.29, 0.717) is 6.42 Å². The maximum atomic E-state index is 9.54. The van der Waals surface area contributed by atoms with Gasteiger partial charge in [-0.15, -0.1) is 0 Å². The van der Waals surface area contributed by atoms with Gasteiger partial charge in [0.05, 0.1) is 24.6 Å². The molecule has 0 unspecified atom stereocenters. The fourth-order valence-electron chi connectivity index (χ4n) is 1.55. The summed E-state index contributed by atoms with van der Waals surface area (Å²) in [7, 11) is 0. The highest BCUT2D eigenvalue weighted by atomic mass is 16.5. The first-order valence-electron chi connectivity index (χ1n) is 6.33. The maximum absolute atomic E-state index is 9.54. The van der Waals surface area contributed by atoms with Gasteiger partial charge in [0.2, 0.25) is 0 Å². The molecule has 3 N–H and O–H groups in total. The number of allylic oxidation sites excluding steroid dienone is 2. The van der Waals surface area contributed by atoms with Crippen LogP contribution in [0.4, 0.5) is 0 Å². The van der Waals surface area contributed by atoms with E-state index in [9.17, 15) is 10.2 Å². The first-order valence-corrected chi connectivity index (χ1v) is 6.33. The maximum Gasteiger partial charge on any atom is 0.103 e. The van der Waals surface area contributed by atoms with Crippen LogP contribution in [0.1, 0.15) is 46.5 Å². The molecule has 0 aromatic carbocycles. The molecule has 0 fully saturated rings. The number of hydrogen-bond acceptors (Lipinski definition) is 4. The van der Waals surface area contributed by atoms with Gasteiger partial charge in [-0.25, -0.2) is 0 Å². The Bertz CT molecular complexity index is 215. The molecular formula is C13H26O4. The molecule has 0 saturated heterocycles. The molecular weight excluding hydrogens is 220 g/mol. The van der Waals surface area contributed by atoms with Crippen molar-refractivity contribution in [1.29, 1.82) is 0 Å². The number of aliphatic hydroxyl groups excluding tert-OH is 3. The zero-order chi connectivity index (χ0) is 13.3. The molecule has 0 spiro atoms. The van der Waals surface area contributed by atoms with Crippen molar-refractivity contribution in [3.8, 4) is 0 Å². The van der Waals surface area contributed by atoms with Gasteiger partial charge in [0.25, 0.3) is 0 Å². The second-order valence-electron chi connectivity index (χ2n) is 4.34. The van der Waals surface area contributed by atoms with E-state index in [1.807, 2.05) is 19.9 Å². The van der Waals surface area contributed by atoms with Crippen molar-refractivity contribution in [2.75, 3.05) is 6.61 Å². The van der Waals surface area contributed by atoms with E-state index in [0.717, 1.165) is 25.0 Å². The summed E-state index contributed by atoms with van der Waals surface area (Å²) >= 11 is 0. The Kier molecular flexibility index (Phi) is 9.13. The highest BCUT2D eigenvalue weighted by Gasteiger charge is 2.19. The van der Waals surface area contributed by atoms with Crippen molar-refractivity contribution in [2.45, 2.75) is 64.8 Å². The molecule has 3 atom stereocenters. The van der Waals surface area contributed by atoms with Gasteiger partial charge >= 0.3 is 0 Å². The van der Waals surface area contributed by atoms with Gasteiger partial charge in [-0.1, -0.05) is 13.3 Å². The molecule has 0 aliphatic carbocycles. The van der Waals surface area contributed by atoms with Gasteiger partial charge in [0.15, 0.2) is 0 Å². The van der Waals surface area contributed by atoms with Crippen LogP contribution in [-0.4, -0.2) is 40.2 Å². The van der Waals surface area contributed by atoms with Crippen LogP contribution in [0, 0.1) is 0 Å². The fourth-order valence-corrected chi connectivity index (χ4v) is 1.55. The summed E-state index contributed by atoms with van der Waals surface area (Å²) in [6.07, 6.45) is 3.12. The highest BCUT2D eigenvalue weighted by molar-refractivity contribution is 4.91. The minimum Gasteiger partial charge on any atom is -0.495 e. The summed E-state index contributed by atoms with van der Waals surface area (Å²) in [6.45, 7) is 5.47. The molecule has 17 heavy (non-hydrogen) atoms. The molecule has 0 aromatic heterocycles. The lowest BCUT2D eigenvalue weighted by Gasteiger charge is -2.22. The van der Waals surface area contributed by atoms with E-state index >= 15 is 0 Å². The number of rotatable bonds is 9. The molecule has 4 heteroatoms. The molecule has 0 rings (SSSR count). The van der Waals surface area contributed by atoms with Crippen LogP contribution in [0.2, 0.25) is 0 Å². The largest absolute Gasteiger partial charge is 0.495 e. The van der Waals surface area contributed by atoms with E-state index < -0.39 is 18.8 Å². The molecule has 4 nitrogen and oxygen atoms in total. The van der Waals surface area contributed by atoms with Crippen LogP contribution in [0.25, 0.3) is 0 Å². The van der Waals surface area contributed by atoms with Crippen LogP contribution in [0.15, 0.2) is 11.8 Å². The lowest BCUT2D eigenvalue weighted by Crippen LogP contribution is -2.32. The van der Waals surface area contributed by atoms with Crippen molar-refractivity contribution in [2.24, 2.45) is 0 Å². The van der Waals surface area contributed by atoms with E-state index in [1.165, 1.54) is 0 Å². The number of hydrogen-bond donors (Lipinski definition) is 3. The minimum atomic E-state index is -1.09. The lowest BCUT2D eigenvalue weighted by atomic mass is 10.1. The van der Waals surface area contributed by atoms with Crippen LogP contribution in [0.3, 0.4) is 0 Å². The summed E-state index contributed by atoms with van der Waals surface area (Å²) in [5.74, 6) is 0.921. The second-order valence-corrected chi connectivity index (χ2v) is 4.34. The number of unbranched alkanes of at least 4 members (excludes halogenated alkanes) is 1. The van der Waals surface area contributed by atoms with Gasteiger partial charge in [0, 0.05) is 12.8 Å². The monoisotopic (exact) mass is 246 g/mol. The summed E-state index contributed by atoms with van der Waals surface area (Å²) in [5, 5.41) is 27.5. The van der Waals surface area contributed by atoms with E-state index in [4.69, 9.17) is 9.84 Å². The van der Waals surface area contributed by atoms with E-state index in [-0.39, 0.29) is 6.10 Å². The van der Waals surface area contributed by atoms with Crippen LogP contribution >= 0.6 is 0 Å². The molecule has 0 radical (unpaired) electrons. The van der Waals surface area contributed by atoms with Crippen LogP contribution in [0.5, 0.6) is 0 Å². The van der Waals surface area contributed by atoms with E-state index in [1.54, 1.807) is 0 Å². The standard InChI is InChI=1S/C13H26O4/c1-4-6-7-11(5-2)17-10(3)8-12(15)13(16)9-14/h5,10,12-16H,4,6-9H2,1-3H3/b11-5-/t10-,12+,13-/m1/s1. The Hall–Kier alpha value is -0.580. The molecule has 0 heterocycles. The SMILES string of the molecule is C/C=C(/CCCC)O[C@H](C)C[C@H](O)[C@H](O)CO. The molecule has 0 amide bonds. The van der Waals surface area contributed by atoms with Crippen molar-refractivity contribution in [3.05, 3.63) is 11.8 Å². The average molecular weight is 246 g/mol. The first-order chi connectivity index (χ1) is 8.04. The van der Waals surface area contributed by atoms with Crippen molar-refractivity contribution in [3.63, 3.8) is 0 Å². The summed E-state index contributed by atoms with van der Waals surface area (Å²) < 4.78 is 5.68. The third-order valence-corrected chi connectivity index (χ3v) is 2.66. The molecule has 0 aliphatic rings. The van der Waals surface area contributed by atoms with Gasteiger partial charge in [-0.3, -0.25) is 0 Å². The normalized spacial score (nSPS) is 17.6. The van der Waals surface area contributed by atoms with Crippen molar-refractivity contribution in [1.82, 2.24) is 0 Å². The number of ether oxygens (including phenoxy) is 1. The second kappa shape index (κ2) is 9.45. The Balaban J connectivity index is 4.02. The predicted molar refractivity (Wildman–Crippen MR) is 67.5 cm³/mol. The summed E-state index contributed by atoms with van der Waals surface area (Å²) in [6, 6.07) is 0. The Morgan fingerprint density at radius 2 is 1.94 bits per heavy atom. The first kappa shape index (κ1) is 16.4. The van der Waals surface area contributed by atoms with E-state index in [2.05, 4.69) is 6.92 Å². The van der Waals surface area contributed by atoms with Gasteiger partial charge in [-0.05, 0) is 26.3 Å². The Labute approximate surface area is 104 Å². The topological polar surface area (TPSA) is 69.9 Å². The van der Waals surface area contributed by atoms with Gasteiger partial charge in [-0.2, -0.15) is 0 Å². The smallest absolute Gasteiger partial charge is 0.103 e. The zero-order valence-electron chi connectivity index (χ0n) is 11.1. The molecule has 0 aliphatic heterocycles. The molecule has 102 valence electrons. The van der Waals surface area contributed by atoms with Crippen molar-refractivity contribution < 1.29 is 20.1 Å². The molecule has 0 aromatic rings. The third-order valence-electron chi connectivity index (χ3n) is 2.66. The van der Waals surface area contributed by atoms with Gasteiger partial charge in [0.1, 0.15) is 6.10 Å². The highest BCUT2D eigenvalue weighted by Crippen LogP contribution is 2.15. The predicted octanol–water partition coefficient (Wildman–Crippen LogP) is 1.59. The molecule has 0 bridgehead atoms.